The number of benzene rings is 1. The lowest BCUT2D eigenvalue weighted by Crippen LogP contribution is -2.52. The van der Waals surface area contributed by atoms with Crippen LogP contribution in [0.2, 0.25) is 0 Å². The highest BCUT2D eigenvalue weighted by molar-refractivity contribution is 6.05. The Morgan fingerprint density at radius 2 is 2.04 bits per heavy atom. The summed E-state index contributed by atoms with van der Waals surface area (Å²) in [6.45, 7) is 2.97. The minimum Gasteiger partial charge on any atom is -0.478 e. The minimum atomic E-state index is -1.46. The van der Waals surface area contributed by atoms with Crippen molar-refractivity contribution in [3.8, 4) is 5.75 Å². The molecule has 0 aromatic heterocycles. The fourth-order valence-electron chi connectivity index (χ4n) is 2.97. The van der Waals surface area contributed by atoms with E-state index in [-0.39, 0.29) is 31.2 Å². The van der Waals surface area contributed by atoms with Gasteiger partial charge in [-0.3, -0.25) is 19.7 Å². The molecule has 3 amide bonds. The second kappa shape index (κ2) is 5.87. The highest BCUT2D eigenvalue weighted by Gasteiger charge is 2.41. The summed E-state index contributed by atoms with van der Waals surface area (Å²) in [4.78, 5) is 48.7. The highest BCUT2D eigenvalue weighted by atomic mass is 16.5. The van der Waals surface area contributed by atoms with Crippen molar-refractivity contribution in [1.29, 1.82) is 0 Å². The van der Waals surface area contributed by atoms with E-state index >= 15 is 0 Å². The van der Waals surface area contributed by atoms with Crippen molar-refractivity contribution in [2.75, 3.05) is 0 Å². The van der Waals surface area contributed by atoms with Crippen LogP contribution >= 0.6 is 0 Å². The monoisotopic (exact) mass is 346 g/mol. The van der Waals surface area contributed by atoms with Crippen LogP contribution in [0.5, 0.6) is 5.75 Å². The average Bonchev–Trinajstić information content (AvgIpc) is 2.85. The van der Waals surface area contributed by atoms with Gasteiger partial charge in [-0.25, -0.2) is 4.79 Å². The van der Waals surface area contributed by atoms with Gasteiger partial charge in [0.15, 0.2) is 5.60 Å². The Hall–Kier alpha value is -2.90. The van der Waals surface area contributed by atoms with Gasteiger partial charge in [0, 0.05) is 17.5 Å². The lowest BCUT2D eigenvalue weighted by Gasteiger charge is -2.29. The summed E-state index contributed by atoms with van der Waals surface area (Å²) >= 11 is 0. The molecule has 3 rings (SSSR count). The molecule has 2 aliphatic heterocycles. The zero-order valence-electron chi connectivity index (χ0n) is 13.9. The Balaban J connectivity index is 1.89. The van der Waals surface area contributed by atoms with Crippen molar-refractivity contribution in [3.05, 3.63) is 29.3 Å². The normalized spacial score (nSPS) is 20.3. The number of imide groups is 1. The third kappa shape index (κ3) is 2.95. The van der Waals surface area contributed by atoms with Crippen LogP contribution in [0, 0.1) is 0 Å². The lowest BCUT2D eigenvalue weighted by molar-refractivity contribution is -0.152. The molecule has 1 unspecified atom stereocenters. The molecule has 2 heterocycles. The molecule has 8 nitrogen and oxygen atoms in total. The molecule has 1 fully saturated rings. The topological polar surface area (TPSA) is 113 Å². The maximum Gasteiger partial charge on any atom is 0.347 e. The number of rotatable bonds is 4. The van der Waals surface area contributed by atoms with Gasteiger partial charge in [0.25, 0.3) is 5.91 Å². The van der Waals surface area contributed by atoms with Gasteiger partial charge in [-0.05, 0) is 32.4 Å². The molecule has 0 aliphatic carbocycles. The number of ether oxygens (including phenoxy) is 1. The Kier molecular flexibility index (Phi) is 3.98. The van der Waals surface area contributed by atoms with Crippen LogP contribution in [0.4, 0.5) is 0 Å². The lowest BCUT2D eigenvalue weighted by atomic mass is 10.0. The van der Waals surface area contributed by atoms with Crippen molar-refractivity contribution < 1.29 is 29.0 Å². The highest BCUT2D eigenvalue weighted by Crippen LogP contribution is 2.35. The van der Waals surface area contributed by atoms with Crippen molar-refractivity contribution >= 4 is 23.7 Å². The number of hydrogen-bond acceptors (Lipinski definition) is 5. The third-order valence-electron chi connectivity index (χ3n) is 4.42. The third-order valence-corrected chi connectivity index (χ3v) is 4.42. The molecule has 0 spiro atoms. The van der Waals surface area contributed by atoms with Crippen LogP contribution in [0.1, 0.15) is 42.6 Å². The van der Waals surface area contributed by atoms with Gasteiger partial charge >= 0.3 is 5.97 Å². The number of hydrogen-bond donors (Lipinski definition) is 2. The summed E-state index contributed by atoms with van der Waals surface area (Å²) < 4.78 is 5.60. The van der Waals surface area contributed by atoms with E-state index in [4.69, 9.17) is 4.74 Å². The summed E-state index contributed by atoms with van der Waals surface area (Å²) in [5.74, 6) is -2.00. The van der Waals surface area contributed by atoms with E-state index in [9.17, 15) is 24.3 Å². The number of carboxylic acids is 1. The summed E-state index contributed by atoms with van der Waals surface area (Å²) in [6, 6.07) is 4.10. The molecule has 0 saturated carbocycles. The fraction of sp³-hybridized carbons (Fsp3) is 0.412. The van der Waals surface area contributed by atoms with E-state index in [1.165, 1.54) is 18.7 Å². The quantitative estimate of drug-likeness (QED) is 0.776. The van der Waals surface area contributed by atoms with Crippen molar-refractivity contribution in [3.63, 3.8) is 0 Å². The minimum absolute atomic E-state index is 0.131. The zero-order chi connectivity index (χ0) is 18.4. The van der Waals surface area contributed by atoms with E-state index in [0.29, 0.717) is 16.9 Å². The van der Waals surface area contributed by atoms with Gasteiger partial charge in [-0.15, -0.1) is 0 Å². The maximum atomic E-state index is 12.7. The van der Waals surface area contributed by atoms with Crippen molar-refractivity contribution in [2.24, 2.45) is 0 Å². The zero-order valence-corrected chi connectivity index (χ0v) is 13.9. The van der Waals surface area contributed by atoms with Gasteiger partial charge in [0.1, 0.15) is 11.8 Å². The Labute approximate surface area is 143 Å². The first-order chi connectivity index (χ1) is 11.7. The molecule has 25 heavy (non-hydrogen) atoms. The molecular formula is C17H18N2O6. The van der Waals surface area contributed by atoms with Crippen LogP contribution < -0.4 is 10.1 Å². The molecular weight excluding hydrogens is 328 g/mol. The Morgan fingerprint density at radius 1 is 1.32 bits per heavy atom. The standard InChI is InChI=1S/C17H18N2O6/c1-17(2,16(23)24)25-12-5-3-4-9-10(12)8-19(15(9)22)11-6-7-13(20)18-14(11)21/h3-5,11H,6-8H2,1-2H3,(H,23,24)(H,18,20,21). The number of aliphatic carboxylic acids is 1. The van der Waals surface area contributed by atoms with Gasteiger partial charge < -0.3 is 14.7 Å². The fourth-order valence-corrected chi connectivity index (χ4v) is 2.97. The maximum absolute atomic E-state index is 12.7. The first kappa shape index (κ1) is 16.9. The number of amides is 3. The summed E-state index contributed by atoms with van der Waals surface area (Å²) in [7, 11) is 0. The molecule has 1 aromatic carbocycles. The second-order valence-electron chi connectivity index (χ2n) is 6.60. The molecule has 8 heteroatoms. The summed E-state index contributed by atoms with van der Waals surface area (Å²) in [5.41, 5.74) is -0.532. The number of carboxylic acid groups (broad SMARTS) is 1. The van der Waals surface area contributed by atoms with Crippen LogP contribution in [0.15, 0.2) is 18.2 Å². The molecule has 1 aromatic rings. The number of nitrogens with one attached hydrogen (secondary N) is 1. The van der Waals surface area contributed by atoms with Crippen LogP contribution in [0.3, 0.4) is 0 Å². The smallest absolute Gasteiger partial charge is 0.347 e. The van der Waals surface area contributed by atoms with E-state index < -0.39 is 23.5 Å². The van der Waals surface area contributed by atoms with E-state index in [1.807, 2.05) is 0 Å². The van der Waals surface area contributed by atoms with Gasteiger partial charge in [-0.1, -0.05) is 6.07 Å². The summed E-state index contributed by atoms with van der Waals surface area (Å²) in [6.07, 6.45) is 0.438. The molecule has 2 aliphatic rings. The van der Waals surface area contributed by atoms with Crippen LogP contribution in [-0.2, 0) is 20.9 Å². The number of carbonyl (C=O) groups is 4. The van der Waals surface area contributed by atoms with Gasteiger partial charge in [0.05, 0.1) is 6.54 Å². The predicted octanol–water partition coefficient (Wildman–Crippen LogP) is 0.690. The Bertz CT molecular complexity index is 785. The van der Waals surface area contributed by atoms with Crippen LogP contribution in [0.25, 0.3) is 0 Å². The molecule has 1 atom stereocenters. The molecule has 1 saturated heterocycles. The number of carbonyl (C=O) groups excluding carboxylic acids is 3. The van der Waals surface area contributed by atoms with E-state index in [1.54, 1.807) is 18.2 Å². The Morgan fingerprint density at radius 3 is 2.68 bits per heavy atom. The van der Waals surface area contributed by atoms with Gasteiger partial charge in [0.2, 0.25) is 11.8 Å². The second-order valence-corrected chi connectivity index (χ2v) is 6.60. The average molecular weight is 346 g/mol. The summed E-state index contributed by atoms with van der Waals surface area (Å²) in [5, 5.41) is 11.5. The van der Waals surface area contributed by atoms with Crippen molar-refractivity contribution in [2.45, 2.75) is 44.9 Å². The molecule has 0 radical (unpaired) electrons. The first-order valence-corrected chi connectivity index (χ1v) is 7.89. The van der Waals surface area contributed by atoms with Gasteiger partial charge in [-0.2, -0.15) is 0 Å². The largest absolute Gasteiger partial charge is 0.478 e. The predicted molar refractivity (Wildman–Crippen MR) is 84.8 cm³/mol. The molecule has 132 valence electrons. The van der Waals surface area contributed by atoms with E-state index in [0.717, 1.165) is 0 Å². The van der Waals surface area contributed by atoms with E-state index in [2.05, 4.69) is 5.32 Å². The van der Waals surface area contributed by atoms with Crippen LogP contribution in [-0.4, -0.2) is 45.3 Å². The number of fused-ring (bicyclic) bond motifs is 1. The molecule has 0 bridgehead atoms. The molecule has 2 N–H and O–H groups in total. The number of piperidine rings is 1. The van der Waals surface area contributed by atoms with Crippen molar-refractivity contribution in [1.82, 2.24) is 10.2 Å². The number of nitrogens with zero attached hydrogens (tertiary/aromatic N) is 1. The SMILES string of the molecule is CC(C)(Oc1cccc2c1CN(C1CCC(=O)NC1=O)C2=O)C(=O)O. The first-order valence-electron chi connectivity index (χ1n) is 7.89.